The molecule has 0 heterocycles. The van der Waals surface area contributed by atoms with E-state index in [1.807, 2.05) is 0 Å². The number of nitro groups is 1. The molecule has 7 heteroatoms. The molecule has 1 aromatic rings. The summed E-state index contributed by atoms with van der Waals surface area (Å²) in [6, 6.07) is 4.37. The molecule has 0 spiro atoms. The van der Waals surface area contributed by atoms with Gasteiger partial charge in [0.05, 0.1) is 11.5 Å². The Bertz CT molecular complexity index is 540. The summed E-state index contributed by atoms with van der Waals surface area (Å²) in [5, 5.41) is 19.9. The summed E-state index contributed by atoms with van der Waals surface area (Å²) in [5.74, 6) is -3.52. The molecule has 0 aliphatic carbocycles. The smallest absolute Gasteiger partial charge is 0.320 e. The number of benzene rings is 1. The topological polar surface area (TPSA) is 107 Å². The molecule has 1 aromatic carbocycles. The number of carbonyl (C=O) groups is 2. The normalized spacial score (nSPS) is 11.7. The van der Waals surface area contributed by atoms with Crippen LogP contribution in [0.2, 0.25) is 0 Å². The minimum Gasteiger partial charge on any atom is -0.481 e. The first-order chi connectivity index (χ1) is 9.36. The molecule has 0 saturated carbocycles. The van der Waals surface area contributed by atoms with Crippen molar-refractivity contribution in [3.05, 3.63) is 39.4 Å². The molecule has 0 fully saturated rings. The monoisotopic (exact) mass is 281 g/mol. The van der Waals surface area contributed by atoms with Crippen LogP contribution in [0, 0.1) is 23.0 Å². The number of carbonyl (C=O) groups excluding carboxylic acids is 1. The van der Waals surface area contributed by atoms with Gasteiger partial charge in [-0.15, -0.1) is 0 Å². The zero-order chi connectivity index (χ0) is 15.3. The Kier molecular flexibility index (Phi) is 5.19. The van der Waals surface area contributed by atoms with E-state index >= 15 is 0 Å². The lowest BCUT2D eigenvalue weighted by Crippen LogP contribution is -2.28. The number of carboxylic acids is 1. The van der Waals surface area contributed by atoms with Crippen LogP contribution in [0.1, 0.15) is 18.1 Å². The summed E-state index contributed by atoms with van der Waals surface area (Å²) >= 11 is 0. The van der Waals surface area contributed by atoms with E-state index in [9.17, 15) is 19.7 Å². The molecule has 0 aliphatic heterocycles. The van der Waals surface area contributed by atoms with E-state index < -0.39 is 22.8 Å². The molecule has 7 nitrogen and oxygen atoms in total. The first-order valence-electron chi connectivity index (χ1n) is 6.00. The number of rotatable bonds is 6. The third-order valence-electron chi connectivity index (χ3n) is 2.78. The highest BCUT2D eigenvalue weighted by Gasteiger charge is 2.28. The van der Waals surface area contributed by atoms with Crippen molar-refractivity contribution in [3.63, 3.8) is 0 Å². The highest BCUT2D eigenvalue weighted by molar-refractivity contribution is 5.94. The molecule has 1 N–H and O–H groups in total. The quantitative estimate of drug-likeness (QED) is 0.368. The fourth-order valence-electron chi connectivity index (χ4n) is 1.73. The average molecular weight is 281 g/mol. The summed E-state index contributed by atoms with van der Waals surface area (Å²) in [7, 11) is 0. The van der Waals surface area contributed by atoms with Gasteiger partial charge in [0.1, 0.15) is 0 Å². The van der Waals surface area contributed by atoms with Gasteiger partial charge >= 0.3 is 11.9 Å². The maximum absolute atomic E-state index is 11.5. The highest BCUT2D eigenvalue weighted by atomic mass is 16.6. The van der Waals surface area contributed by atoms with Crippen molar-refractivity contribution in [2.24, 2.45) is 5.92 Å². The Morgan fingerprint density at radius 2 is 2.10 bits per heavy atom. The van der Waals surface area contributed by atoms with Crippen molar-refractivity contribution in [1.29, 1.82) is 0 Å². The van der Waals surface area contributed by atoms with Gasteiger partial charge < -0.3 is 9.84 Å². The molecule has 20 heavy (non-hydrogen) atoms. The Balaban J connectivity index is 3.00. The number of nitro benzene ring substituents is 1. The number of ether oxygens (including phenoxy) is 1. The lowest BCUT2D eigenvalue weighted by Gasteiger charge is -2.11. The van der Waals surface area contributed by atoms with Gasteiger partial charge in [-0.25, -0.2) is 0 Å². The number of carboxylic acid groups (broad SMARTS) is 1. The minimum absolute atomic E-state index is 0.0800. The van der Waals surface area contributed by atoms with Crippen molar-refractivity contribution in [1.82, 2.24) is 0 Å². The van der Waals surface area contributed by atoms with Crippen LogP contribution in [0.5, 0.6) is 0 Å². The molecule has 0 amide bonds. The van der Waals surface area contributed by atoms with Crippen LogP contribution in [0.25, 0.3) is 0 Å². The fraction of sp³-hybridized carbons (Fsp3) is 0.385. The molecular formula is C13H15NO6. The zero-order valence-corrected chi connectivity index (χ0v) is 11.2. The summed E-state index contributed by atoms with van der Waals surface area (Å²) in [5.41, 5.74) is 0.778. The van der Waals surface area contributed by atoms with E-state index in [1.165, 1.54) is 12.1 Å². The number of aryl methyl sites for hydroxylation is 1. The van der Waals surface area contributed by atoms with E-state index in [2.05, 4.69) is 4.74 Å². The van der Waals surface area contributed by atoms with Crippen molar-refractivity contribution >= 4 is 17.6 Å². The Hall–Kier alpha value is -2.44. The van der Waals surface area contributed by atoms with Gasteiger partial charge in [-0.2, -0.15) is 0 Å². The van der Waals surface area contributed by atoms with Gasteiger partial charge in [0, 0.05) is 11.6 Å². The maximum Gasteiger partial charge on any atom is 0.320 e. The van der Waals surface area contributed by atoms with Gasteiger partial charge in [0.2, 0.25) is 0 Å². The minimum atomic E-state index is -1.36. The van der Waals surface area contributed by atoms with Crippen LogP contribution in [0.4, 0.5) is 5.69 Å². The van der Waals surface area contributed by atoms with Crippen LogP contribution < -0.4 is 0 Å². The third kappa shape index (κ3) is 3.78. The van der Waals surface area contributed by atoms with Gasteiger partial charge in [-0.1, -0.05) is 12.1 Å². The second kappa shape index (κ2) is 6.65. The first kappa shape index (κ1) is 15.6. The van der Waals surface area contributed by atoms with E-state index in [0.29, 0.717) is 11.1 Å². The SMILES string of the molecule is CCOC(=O)C(Cc1ccc(C)c([N+](=O)[O-])c1)C(=O)O. The molecular weight excluding hydrogens is 266 g/mol. The zero-order valence-electron chi connectivity index (χ0n) is 11.2. The standard InChI is InChI=1S/C13H15NO6/c1-3-20-13(17)10(12(15)16)6-9-5-4-8(2)11(7-9)14(18)19/h4-5,7,10H,3,6H2,1-2H3,(H,15,16). The Labute approximate surface area is 115 Å². The summed E-state index contributed by atoms with van der Waals surface area (Å²) in [6.07, 6.45) is -0.144. The largest absolute Gasteiger partial charge is 0.481 e. The van der Waals surface area contributed by atoms with E-state index in [4.69, 9.17) is 5.11 Å². The molecule has 108 valence electrons. The van der Waals surface area contributed by atoms with Gasteiger partial charge in [0.15, 0.2) is 5.92 Å². The highest BCUT2D eigenvalue weighted by Crippen LogP contribution is 2.21. The predicted octanol–water partition coefficient (Wildman–Crippen LogP) is 1.71. The van der Waals surface area contributed by atoms with Crippen LogP contribution in [0.3, 0.4) is 0 Å². The number of aliphatic carboxylic acids is 1. The Morgan fingerprint density at radius 3 is 2.60 bits per heavy atom. The fourth-order valence-corrected chi connectivity index (χ4v) is 1.73. The van der Waals surface area contributed by atoms with Crippen LogP contribution in [-0.2, 0) is 20.7 Å². The number of hydrogen-bond acceptors (Lipinski definition) is 5. The number of nitrogens with zero attached hydrogens (tertiary/aromatic N) is 1. The van der Waals surface area contributed by atoms with Gasteiger partial charge in [0.25, 0.3) is 5.69 Å². The lowest BCUT2D eigenvalue weighted by atomic mass is 9.98. The molecule has 0 aliphatic rings. The third-order valence-corrected chi connectivity index (χ3v) is 2.78. The lowest BCUT2D eigenvalue weighted by molar-refractivity contribution is -0.385. The van der Waals surface area contributed by atoms with Crippen molar-refractivity contribution in [3.8, 4) is 0 Å². The molecule has 0 aromatic heterocycles. The van der Waals surface area contributed by atoms with E-state index in [0.717, 1.165) is 0 Å². The summed E-state index contributed by atoms with van der Waals surface area (Å²) in [6.45, 7) is 3.24. The molecule has 0 saturated heterocycles. The summed E-state index contributed by atoms with van der Waals surface area (Å²) < 4.78 is 4.69. The van der Waals surface area contributed by atoms with Crippen LogP contribution in [0.15, 0.2) is 18.2 Å². The molecule has 0 bridgehead atoms. The van der Waals surface area contributed by atoms with Crippen molar-refractivity contribution < 1.29 is 24.4 Å². The van der Waals surface area contributed by atoms with E-state index in [-0.39, 0.29) is 18.7 Å². The van der Waals surface area contributed by atoms with Crippen molar-refractivity contribution in [2.45, 2.75) is 20.3 Å². The van der Waals surface area contributed by atoms with Crippen molar-refractivity contribution in [2.75, 3.05) is 6.61 Å². The Morgan fingerprint density at radius 1 is 1.45 bits per heavy atom. The van der Waals surface area contributed by atoms with Crippen LogP contribution in [-0.4, -0.2) is 28.6 Å². The molecule has 0 radical (unpaired) electrons. The molecule has 1 atom stereocenters. The second-order valence-electron chi connectivity index (χ2n) is 4.22. The summed E-state index contributed by atoms with van der Waals surface area (Å²) in [4.78, 5) is 32.9. The average Bonchev–Trinajstić information content (AvgIpc) is 2.37. The molecule has 1 rings (SSSR count). The van der Waals surface area contributed by atoms with Gasteiger partial charge in [-0.3, -0.25) is 19.7 Å². The van der Waals surface area contributed by atoms with E-state index in [1.54, 1.807) is 19.9 Å². The second-order valence-corrected chi connectivity index (χ2v) is 4.22. The van der Waals surface area contributed by atoms with Gasteiger partial charge in [-0.05, 0) is 25.8 Å². The number of esters is 1. The number of hydrogen-bond donors (Lipinski definition) is 1. The molecule has 1 unspecified atom stereocenters. The predicted molar refractivity (Wildman–Crippen MR) is 69.3 cm³/mol. The van der Waals surface area contributed by atoms with Crippen LogP contribution >= 0.6 is 0 Å². The first-order valence-corrected chi connectivity index (χ1v) is 6.00. The maximum atomic E-state index is 11.5.